The minimum atomic E-state index is -3.86. The van der Waals surface area contributed by atoms with Gasteiger partial charge in [-0.05, 0) is 24.3 Å². The number of hydrogen-bond acceptors (Lipinski definition) is 4. The predicted octanol–water partition coefficient (Wildman–Crippen LogP) is 0.704. The van der Waals surface area contributed by atoms with Gasteiger partial charge >= 0.3 is 0 Å². The number of hydrogen-bond donors (Lipinski definition) is 2. The average Bonchev–Trinajstić information content (AvgIpc) is 2.86. The number of nitrogens with one attached hydrogen (secondary N) is 1. The first-order chi connectivity index (χ1) is 9.94. The number of halogens is 1. The highest BCUT2D eigenvalue weighted by Crippen LogP contribution is 2.20. The van der Waals surface area contributed by atoms with Gasteiger partial charge in [-0.1, -0.05) is 11.8 Å². The van der Waals surface area contributed by atoms with Crippen molar-refractivity contribution in [2.45, 2.75) is 5.03 Å². The van der Waals surface area contributed by atoms with Crippen LogP contribution in [0.25, 0.3) is 0 Å². The van der Waals surface area contributed by atoms with Crippen molar-refractivity contribution in [2.24, 2.45) is 7.05 Å². The largest absolute Gasteiger partial charge is 0.384 e. The molecule has 0 aliphatic heterocycles. The van der Waals surface area contributed by atoms with E-state index in [4.69, 9.17) is 5.11 Å². The fourth-order valence-corrected chi connectivity index (χ4v) is 2.87. The maximum absolute atomic E-state index is 13.2. The molecule has 2 rings (SSSR count). The van der Waals surface area contributed by atoms with Gasteiger partial charge in [0.15, 0.2) is 5.03 Å². The van der Waals surface area contributed by atoms with Crippen molar-refractivity contribution in [2.75, 3.05) is 11.3 Å². The van der Waals surface area contributed by atoms with Crippen LogP contribution in [-0.4, -0.2) is 29.9 Å². The Hall–Kier alpha value is -2.37. The van der Waals surface area contributed by atoms with Crippen molar-refractivity contribution < 1.29 is 17.9 Å². The number of nitrogens with zero attached hydrogens (tertiary/aromatic N) is 2. The van der Waals surface area contributed by atoms with Gasteiger partial charge in [0.05, 0.1) is 17.4 Å². The van der Waals surface area contributed by atoms with Gasteiger partial charge in [-0.25, -0.2) is 4.39 Å². The molecule has 0 radical (unpaired) electrons. The van der Waals surface area contributed by atoms with Crippen LogP contribution in [0.5, 0.6) is 0 Å². The number of aryl methyl sites for hydroxylation is 1. The normalized spacial score (nSPS) is 10.8. The third-order valence-electron chi connectivity index (χ3n) is 2.58. The van der Waals surface area contributed by atoms with Crippen molar-refractivity contribution >= 4 is 15.7 Å². The van der Waals surface area contributed by atoms with Crippen molar-refractivity contribution in [3.63, 3.8) is 0 Å². The van der Waals surface area contributed by atoms with Crippen molar-refractivity contribution in [1.82, 2.24) is 9.78 Å². The Morgan fingerprint density at radius 2 is 2.19 bits per heavy atom. The standard InChI is InChI=1S/C13H12FN3O3S/c1-17-13(6-7-15-17)21(19,20)16-12-5-4-11(14)9-10(12)3-2-8-18/h4-7,9,16,18H,8H2,1H3. The highest BCUT2D eigenvalue weighted by Gasteiger charge is 2.19. The van der Waals surface area contributed by atoms with E-state index >= 15 is 0 Å². The summed E-state index contributed by atoms with van der Waals surface area (Å²) in [5, 5.41) is 12.4. The lowest BCUT2D eigenvalue weighted by molar-refractivity contribution is 0.350. The molecule has 0 bridgehead atoms. The molecule has 1 heterocycles. The first-order valence-corrected chi connectivity index (χ1v) is 7.32. The lowest BCUT2D eigenvalue weighted by Gasteiger charge is -2.10. The molecule has 21 heavy (non-hydrogen) atoms. The minimum Gasteiger partial charge on any atom is -0.384 e. The second-order valence-electron chi connectivity index (χ2n) is 4.05. The van der Waals surface area contributed by atoms with Crippen LogP contribution in [0.15, 0.2) is 35.5 Å². The van der Waals surface area contributed by atoms with E-state index in [9.17, 15) is 12.8 Å². The summed E-state index contributed by atoms with van der Waals surface area (Å²) < 4.78 is 41.2. The summed E-state index contributed by atoms with van der Waals surface area (Å²) in [5.41, 5.74) is 0.258. The molecule has 0 atom stereocenters. The van der Waals surface area contributed by atoms with Crippen LogP contribution in [0.4, 0.5) is 10.1 Å². The SMILES string of the molecule is Cn1nccc1S(=O)(=O)Nc1ccc(F)cc1C#CCO. The second-order valence-corrected chi connectivity index (χ2v) is 5.68. The summed E-state index contributed by atoms with van der Waals surface area (Å²) in [5.74, 6) is 4.29. The Morgan fingerprint density at radius 3 is 2.81 bits per heavy atom. The Balaban J connectivity index is 2.42. The third-order valence-corrected chi connectivity index (χ3v) is 4.02. The van der Waals surface area contributed by atoms with Crippen LogP contribution < -0.4 is 4.72 Å². The predicted molar refractivity (Wildman–Crippen MR) is 74.4 cm³/mol. The van der Waals surface area contributed by atoms with Crippen LogP contribution in [0.3, 0.4) is 0 Å². The molecule has 0 aliphatic carbocycles. The summed E-state index contributed by atoms with van der Waals surface area (Å²) in [7, 11) is -2.37. The molecule has 0 saturated heterocycles. The topological polar surface area (TPSA) is 84.2 Å². The molecule has 110 valence electrons. The van der Waals surface area contributed by atoms with Crippen LogP contribution in [0, 0.1) is 17.7 Å². The van der Waals surface area contributed by atoms with E-state index in [1.165, 1.54) is 30.1 Å². The van der Waals surface area contributed by atoms with Gasteiger partial charge in [-0.2, -0.15) is 13.5 Å². The van der Waals surface area contributed by atoms with Crippen LogP contribution >= 0.6 is 0 Å². The molecular weight excluding hydrogens is 297 g/mol. The summed E-state index contributed by atoms with van der Waals surface area (Å²) in [6.07, 6.45) is 1.35. The molecule has 0 fully saturated rings. The van der Waals surface area contributed by atoms with E-state index in [0.717, 1.165) is 12.1 Å². The summed E-state index contributed by atoms with van der Waals surface area (Å²) in [6.45, 7) is -0.412. The monoisotopic (exact) mass is 309 g/mol. The molecule has 0 saturated carbocycles. The maximum Gasteiger partial charge on any atom is 0.279 e. The van der Waals surface area contributed by atoms with Crippen LogP contribution in [-0.2, 0) is 17.1 Å². The van der Waals surface area contributed by atoms with Gasteiger partial charge < -0.3 is 5.11 Å². The summed E-state index contributed by atoms with van der Waals surface area (Å²) >= 11 is 0. The first kappa shape index (κ1) is 15.0. The van der Waals surface area contributed by atoms with E-state index in [1.54, 1.807) is 0 Å². The fraction of sp³-hybridized carbons (Fsp3) is 0.154. The van der Waals surface area contributed by atoms with Gasteiger partial charge in [0.1, 0.15) is 12.4 Å². The van der Waals surface area contributed by atoms with E-state index in [2.05, 4.69) is 21.7 Å². The molecule has 2 aromatic rings. The first-order valence-electron chi connectivity index (χ1n) is 5.84. The van der Waals surface area contributed by atoms with Gasteiger partial charge in [0.25, 0.3) is 10.0 Å². The van der Waals surface area contributed by atoms with Gasteiger partial charge in [-0.15, -0.1) is 0 Å². The molecule has 6 nitrogen and oxygen atoms in total. The molecule has 8 heteroatoms. The lowest BCUT2D eigenvalue weighted by Crippen LogP contribution is -2.17. The summed E-state index contributed by atoms with van der Waals surface area (Å²) in [4.78, 5) is 0. The van der Waals surface area contributed by atoms with E-state index < -0.39 is 22.4 Å². The molecule has 0 spiro atoms. The maximum atomic E-state index is 13.2. The van der Waals surface area contributed by atoms with Crippen molar-refractivity contribution in [1.29, 1.82) is 0 Å². The van der Waals surface area contributed by atoms with E-state index in [0.29, 0.717) is 0 Å². The van der Waals surface area contributed by atoms with E-state index in [-0.39, 0.29) is 16.3 Å². The molecule has 1 aromatic heterocycles. The zero-order chi connectivity index (χ0) is 15.5. The molecule has 2 N–H and O–H groups in total. The van der Waals surface area contributed by atoms with Crippen molar-refractivity contribution in [3.8, 4) is 11.8 Å². The van der Waals surface area contributed by atoms with Gasteiger partial charge in [0, 0.05) is 7.05 Å². The number of aromatic nitrogens is 2. The Kier molecular flexibility index (Phi) is 4.26. The fourth-order valence-electron chi connectivity index (χ4n) is 1.67. The Morgan fingerprint density at radius 1 is 1.43 bits per heavy atom. The highest BCUT2D eigenvalue weighted by molar-refractivity contribution is 7.92. The number of aliphatic hydroxyl groups is 1. The number of anilines is 1. The van der Waals surface area contributed by atoms with E-state index in [1.807, 2.05) is 0 Å². The van der Waals surface area contributed by atoms with Crippen molar-refractivity contribution in [3.05, 3.63) is 41.8 Å². The number of sulfonamides is 1. The third kappa shape index (κ3) is 3.39. The van der Waals surface area contributed by atoms with Crippen LogP contribution in [0.1, 0.15) is 5.56 Å². The molecule has 0 amide bonds. The van der Waals surface area contributed by atoms with Crippen LogP contribution in [0.2, 0.25) is 0 Å². The molecule has 1 aromatic carbocycles. The second kappa shape index (κ2) is 5.95. The Bertz CT molecular complexity index is 819. The summed E-state index contributed by atoms with van der Waals surface area (Å²) in [6, 6.07) is 4.81. The zero-order valence-corrected chi connectivity index (χ0v) is 11.9. The number of benzene rings is 1. The lowest BCUT2D eigenvalue weighted by atomic mass is 10.2. The zero-order valence-electron chi connectivity index (χ0n) is 11.0. The molecule has 0 aliphatic rings. The highest BCUT2D eigenvalue weighted by atomic mass is 32.2. The van der Waals surface area contributed by atoms with Gasteiger partial charge in [0.2, 0.25) is 0 Å². The molecule has 0 unspecified atom stereocenters. The molecular formula is C13H12FN3O3S. The number of aliphatic hydroxyl groups excluding tert-OH is 1. The quantitative estimate of drug-likeness (QED) is 0.818. The van der Waals surface area contributed by atoms with Gasteiger partial charge in [-0.3, -0.25) is 9.40 Å². The average molecular weight is 309 g/mol. The smallest absolute Gasteiger partial charge is 0.279 e. The Labute approximate surface area is 121 Å². The number of rotatable bonds is 3. The minimum absolute atomic E-state index is 0.0344.